The molecule has 3 N–H and O–H groups in total. The normalized spacial score (nSPS) is 20.8. The summed E-state index contributed by atoms with van der Waals surface area (Å²) in [4.78, 5) is 12.7. The molecule has 20 heavy (non-hydrogen) atoms. The summed E-state index contributed by atoms with van der Waals surface area (Å²) in [5, 5.41) is 2.76. The second-order valence-corrected chi connectivity index (χ2v) is 8.24. The van der Waals surface area contributed by atoms with Crippen LogP contribution in [0.3, 0.4) is 0 Å². The largest absolute Gasteiger partial charge is 0.398 e. The number of nitrogen functional groups attached to an aromatic ring is 1. The lowest BCUT2D eigenvalue weighted by Crippen LogP contribution is -2.36. The number of hydrogen-bond acceptors (Lipinski definition) is 5. The third kappa shape index (κ3) is 4.14. The van der Waals surface area contributed by atoms with Crippen molar-refractivity contribution in [3.63, 3.8) is 0 Å². The molecule has 1 aromatic rings. The van der Waals surface area contributed by atoms with Gasteiger partial charge in [-0.2, -0.15) is 0 Å². The monoisotopic (exact) mass is 314 g/mol. The molecule has 0 aromatic heterocycles. The molecule has 1 heterocycles. The molecule has 2 rings (SSSR count). The number of sulfone groups is 1. The van der Waals surface area contributed by atoms with Crippen molar-refractivity contribution >= 4 is 33.2 Å². The van der Waals surface area contributed by atoms with E-state index in [1.165, 1.54) is 11.8 Å². The van der Waals surface area contributed by atoms with Crippen LogP contribution in [-0.4, -0.2) is 37.6 Å². The number of anilines is 1. The Hall–Kier alpha value is -1.21. The van der Waals surface area contributed by atoms with E-state index in [-0.39, 0.29) is 29.2 Å². The number of nitrogens with two attached hydrogens (primary N) is 1. The summed E-state index contributed by atoms with van der Waals surface area (Å²) >= 11 is 1.36. The fourth-order valence-electron chi connectivity index (χ4n) is 2.12. The first-order valence-electron chi connectivity index (χ1n) is 6.34. The van der Waals surface area contributed by atoms with E-state index in [0.29, 0.717) is 12.1 Å². The molecule has 1 fully saturated rings. The molecule has 1 unspecified atom stereocenters. The van der Waals surface area contributed by atoms with Crippen LogP contribution >= 0.6 is 11.8 Å². The van der Waals surface area contributed by atoms with Crippen molar-refractivity contribution in [1.82, 2.24) is 5.32 Å². The smallest absolute Gasteiger partial charge is 0.230 e. The highest BCUT2D eigenvalue weighted by Crippen LogP contribution is 2.25. The molecule has 7 heteroatoms. The number of nitrogens with one attached hydrogen (secondary N) is 1. The molecule has 5 nitrogen and oxygen atoms in total. The van der Waals surface area contributed by atoms with Crippen molar-refractivity contribution in [2.75, 3.05) is 23.0 Å². The highest BCUT2D eigenvalue weighted by molar-refractivity contribution is 8.00. The van der Waals surface area contributed by atoms with E-state index in [0.717, 1.165) is 10.5 Å². The van der Waals surface area contributed by atoms with Crippen LogP contribution in [0.25, 0.3) is 0 Å². The Bertz CT molecular complexity index is 614. The highest BCUT2D eigenvalue weighted by atomic mass is 32.2. The number of carbonyl (C=O) groups excluding carboxylic acids is 1. The molecule has 1 atom stereocenters. The lowest BCUT2D eigenvalue weighted by atomic mass is 10.2. The van der Waals surface area contributed by atoms with Gasteiger partial charge in [0.2, 0.25) is 5.91 Å². The fraction of sp³-hybridized carbons (Fsp3) is 0.462. The summed E-state index contributed by atoms with van der Waals surface area (Å²) < 4.78 is 22.6. The number of benzene rings is 1. The average molecular weight is 314 g/mol. The number of aryl methyl sites for hydroxylation is 1. The molecular formula is C13H18N2O3S2. The molecule has 1 aliphatic rings. The Balaban J connectivity index is 1.84. The molecule has 1 aromatic carbocycles. The van der Waals surface area contributed by atoms with Crippen molar-refractivity contribution in [2.45, 2.75) is 24.3 Å². The van der Waals surface area contributed by atoms with Crippen molar-refractivity contribution in [1.29, 1.82) is 0 Å². The quantitative estimate of drug-likeness (QED) is 0.638. The summed E-state index contributed by atoms with van der Waals surface area (Å²) in [6.45, 7) is 1.96. The van der Waals surface area contributed by atoms with Gasteiger partial charge in [-0.15, -0.1) is 11.8 Å². The van der Waals surface area contributed by atoms with Gasteiger partial charge in [0.05, 0.1) is 17.3 Å². The second kappa shape index (κ2) is 6.05. The predicted octanol–water partition coefficient (Wildman–Crippen LogP) is 0.973. The standard InChI is InChI=1S/C13H18N2O3S2/c1-9-2-3-12(11(14)6-9)19-7-13(16)15-10-4-5-20(17,18)8-10/h2-3,6,10H,4-5,7-8,14H2,1H3,(H,15,16). The van der Waals surface area contributed by atoms with Crippen LogP contribution in [-0.2, 0) is 14.6 Å². The molecule has 110 valence electrons. The minimum Gasteiger partial charge on any atom is -0.398 e. The minimum atomic E-state index is -2.96. The van der Waals surface area contributed by atoms with E-state index in [4.69, 9.17) is 5.73 Å². The SMILES string of the molecule is Cc1ccc(SCC(=O)NC2CCS(=O)(=O)C2)c(N)c1. The van der Waals surface area contributed by atoms with Gasteiger partial charge in [0.1, 0.15) is 0 Å². The first kappa shape index (κ1) is 15.2. The molecule has 1 aliphatic heterocycles. The van der Waals surface area contributed by atoms with E-state index in [1.54, 1.807) is 0 Å². The summed E-state index contributed by atoms with van der Waals surface area (Å²) in [6.07, 6.45) is 0.505. The Morgan fingerprint density at radius 2 is 2.25 bits per heavy atom. The summed E-state index contributed by atoms with van der Waals surface area (Å²) in [7, 11) is -2.96. The number of carbonyl (C=O) groups is 1. The van der Waals surface area contributed by atoms with Crippen LogP contribution < -0.4 is 11.1 Å². The Labute approximate surface area is 123 Å². The van der Waals surface area contributed by atoms with E-state index in [9.17, 15) is 13.2 Å². The van der Waals surface area contributed by atoms with Crippen molar-refractivity contribution in [3.05, 3.63) is 23.8 Å². The molecular weight excluding hydrogens is 296 g/mol. The van der Waals surface area contributed by atoms with Gasteiger partial charge in [-0.1, -0.05) is 6.07 Å². The number of thioether (sulfide) groups is 1. The van der Waals surface area contributed by atoms with Crippen LogP contribution in [0.4, 0.5) is 5.69 Å². The van der Waals surface area contributed by atoms with Gasteiger partial charge in [0.15, 0.2) is 9.84 Å². The Morgan fingerprint density at radius 1 is 1.50 bits per heavy atom. The van der Waals surface area contributed by atoms with Crippen LogP contribution in [0.15, 0.2) is 23.1 Å². The van der Waals surface area contributed by atoms with Gasteiger partial charge in [0, 0.05) is 16.6 Å². The van der Waals surface area contributed by atoms with Gasteiger partial charge in [-0.05, 0) is 31.0 Å². The van der Waals surface area contributed by atoms with Gasteiger partial charge >= 0.3 is 0 Å². The van der Waals surface area contributed by atoms with Gasteiger partial charge in [0.25, 0.3) is 0 Å². The van der Waals surface area contributed by atoms with Crippen LogP contribution in [0.5, 0.6) is 0 Å². The molecule has 0 saturated carbocycles. The van der Waals surface area contributed by atoms with E-state index < -0.39 is 9.84 Å². The zero-order valence-electron chi connectivity index (χ0n) is 11.3. The summed E-state index contributed by atoms with van der Waals surface area (Å²) in [6, 6.07) is 5.45. The highest BCUT2D eigenvalue weighted by Gasteiger charge is 2.28. The van der Waals surface area contributed by atoms with Gasteiger partial charge in [-0.25, -0.2) is 8.42 Å². The topological polar surface area (TPSA) is 89.3 Å². The zero-order valence-corrected chi connectivity index (χ0v) is 12.9. The molecule has 1 amide bonds. The van der Waals surface area contributed by atoms with Crippen LogP contribution in [0, 0.1) is 6.92 Å². The maximum atomic E-state index is 11.8. The minimum absolute atomic E-state index is 0.0517. The maximum absolute atomic E-state index is 11.8. The third-order valence-corrected chi connectivity index (χ3v) is 5.98. The average Bonchev–Trinajstić information content (AvgIpc) is 2.67. The molecule has 0 radical (unpaired) electrons. The number of hydrogen-bond donors (Lipinski definition) is 2. The second-order valence-electron chi connectivity index (χ2n) is 5.00. The third-order valence-electron chi connectivity index (χ3n) is 3.12. The van der Waals surface area contributed by atoms with Crippen molar-refractivity contribution < 1.29 is 13.2 Å². The Kier molecular flexibility index (Phi) is 4.59. The molecule has 1 saturated heterocycles. The maximum Gasteiger partial charge on any atom is 0.230 e. The van der Waals surface area contributed by atoms with Gasteiger partial charge in [-0.3, -0.25) is 4.79 Å². The van der Waals surface area contributed by atoms with Crippen LogP contribution in [0.1, 0.15) is 12.0 Å². The predicted molar refractivity (Wildman–Crippen MR) is 81.5 cm³/mol. The summed E-state index contributed by atoms with van der Waals surface area (Å²) in [5.74, 6) is 0.299. The first-order valence-corrected chi connectivity index (χ1v) is 9.15. The van der Waals surface area contributed by atoms with Crippen LogP contribution in [0.2, 0.25) is 0 Å². The zero-order chi connectivity index (χ0) is 14.8. The lowest BCUT2D eigenvalue weighted by molar-refractivity contribution is -0.119. The summed E-state index contributed by atoms with van der Waals surface area (Å²) in [5.41, 5.74) is 7.61. The van der Waals surface area contributed by atoms with E-state index in [1.807, 2.05) is 25.1 Å². The fourth-order valence-corrected chi connectivity index (χ4v) is 4.55. The lowest BCUT2D eigenvalue weighted by Gasteiger charge is -2.11. The van der Waals surface area contributed by atoms with Crippen molar-refractivity contribution in [2.24, 2.45) is 0 Å². The first-order chi connectivity index (χ1) is 9.35. The molecule has 0 spiro atoms. The van der Waals surface area contributed by atoms with Gasteiger partial charge < -0.3 is 11.1 Å². The van der Waals surface area contributed by atoms with E-state index in [2.05, 4.69) is 5.32 Å². The Morgan fingerprint density at radius 3 is 2.85 bits per heavy atom. The molecule has 0 bridgehead atoms. The number of rotatable bonds is 4. The number of amides is 1. The van der Waals surface area contributed by atoms with E-state index >= 15 is 0 Å². The molecule has 0 aliphatic carbocycles. The van der Waals surface area contributed by atoms with Crippen molar-refractivity contribution in [3.8, 4) is 0 Å².